The van der Waals surface area contributed by atoms with Crippen LogP contribution >= 0.6 is 0 Å². The first kappa shape index (κ1) is 16.5. The lowest BCUT2D eigenvalue weighted by molar-refractivity contribution is 0.0320. The first-order valence-corrected chi connectivity index (χ1v) is 8.44. The second-order valence-corrected chi connectivity index (χ2v) is 5.99. The van der Waals surface area contributed by atoms with Crippen LogP contribution in [0.5, 0.6) is 5.75 Å². The van der Waals surface area contributed by atoms with Gasteiger partial charge in [-0.05, 0) is 43.2 Å². The minimum absolute atomic E-state index is 0.0345. The van der Waals surface area contributed by atoms with E-state index in [0.717, 1.165) is 31.8 Å². The quantitative estimate of drug-likeness (QED) is 0.762. The molecule has 1 aliphatic heterocycles. The molecule has 0 unspecified atom stereocenters. The van der Waals surface area contributed by atoms with Crippen LogP contribution in [0.4, 0.5) is 0 Å². The maximum Gasteiger partial charge on any atom is 0.338 e. The third-order valence-corrected chi connectivity index (χ3v) is 4.15. The molecule has 0 saturated carbocycles. The molecule has 3 rings (SSSR count). The van der Waals surface area contributed by atoms with Gasteiger partial charge in [0, 0.05) is 19.6 Å². The molecule has 1 atom stereocenters. The molecule has 1 fully saturated rings. The van der Waals surface area contributed by atoms with E-state index in [1.54, 1.807) is 24.3 Å². The van der Waals surface area contributed by atoms with E-state index >= 15 is 0 Å². The zero-order valence-electron chi connectivity index (χ0n) is 14.0. The molecule has 126 valence electrons. The highest BCUT2D eigenvalue weighted by Gasteiger charge is 2.26. The average Bonchev–Trinajstić information content (AvgIpc) is 3.03. The van der Waals surface area contributed by atoms with Crippen molar-refractivity contribution in [3.8, 4) is 5.75 Å². The number of carbonyl (C=O) groups is 1. The molecule has 4 nitrogen and oxygen atoms in total. The minimum atomic E-state index is -0.260. The fourth-order valence-electron chi connectivity index (χ4n) is 2.95. The van der Waals surface area contributed by atoms with E-state index in [1.807, 2.05) is 13.0 Å². The van der Waals surface area contributed by atoms with Crippen molar-refractivity contribution in [2.75, 3.05) is 19.7 Å². The van der Waals surface area contributed by atoms with Crippen molar-refractivity contribution >= 4 is 5.97 Å². The summed E-state index contributed by atoms with van der Waals surface area (Å²) < 4.78 is 11.0. The number of hydrogen-bond acceptors (Lipinski definition) is 4. The molecule has 1 saturated heterocycles. The maximum atomic E-state index is 12.3. The Hall–Kier alpha value is -2.33. The Morgan fingerprint density at radius 2 is 1.88 bits per heavy atom. The third kappa shape index (κ3) is 4.36. The van der Waals surface area contributed by atoms with Crippen molar-refractivity contribution in [1.29, 1.82) is 0 Å². The molecule has 0 spiro atoms. The standard InChI is InChI=1S/C20H23NO3/c1-2-23-18-10-8-17(9-11-18)20(22)24-19-12-13-21(15-19)14-16-6-4-3-5-7-16/h3-11,19H,2,12-15H2,1H3/t19-/m1/s1. The highest BCUT2D eigenvalue weighted by Crippen LogP contribution is 2.18. The molecule has 0 bridgehead atoms. The van der Waals surface area contributed by atoms with Crippen LogP contribution in [0.25, 0.3) is 0 Å². The van der Waals surface area contributed by atoms with Gasteiger partial charge in [-0.3, -0.25) is 4.90 Å². The van der Waals surface area contributed by atoms with Crippen LogP contribution < -0.4 is 4.74 Å². The first-order chi connectivity index (χ1) is 11.7. The van der Waals surface area contributed by atoms with Crippen LogP contribution in [0, 0.1) is 0 Å². The lowest BCUT2D eigenvalue weighted by atomic mass is 10.2. The Morgan fingerprint density at radius 3 is 2.58 bits per heavy atom. The van der Waals surface area contributed by atoms with E-state index < -0.39 is 0 Å². The highest BCUT2D eigenvalue weighted by atomic mass is 16.5. The molecule has 1 aliphatic rings. The van der Waals surface area contributed by atoms with E-state index in [1.165, 1.54) is 5.56 Å². The fraction of sp³-hybridized carbons (Fsp3) is 0.350. The molecular weight excluding hydrogens is 302 g/mol. The molecule has 0 radical (unpaired) electrons. The van der Waals surface area contributed by atoms with Gasteiger partial charge in [0.05, 0.1) is 12.2 Å². The van der Waals surface area contributed by atoms with Gasteiger partial charge in [0.1, 0.15) is 11.9 Å². The number of esters is 1. The van der Waals surface area contributed by atoms with Crippen LogP contribution in [-0.4, -0.2) is 36.7 Å². The number of nitrogens with zero attached hydrogens (tertiary/aromatic N) is 1. The summed E-state index contributed by atoms with van der Waals surface area (Å²) in [6, 6.07) is 17.5. The molecule has 2 aromatic carbocycles. The van der Waals surface area contributed by atoms with Gasteiger partial charge >= 0.3 is 5.97 Å². The summed E-state index contributed by atoms with van der Waals surface area (Å²) in [5.74, 6) is 0.508. The van der Waals surface area contributed by atoms with Crippen molar-refractivity contribution in [3.63, 3.8) is 0 Å². The Balaban J connectivity index is 1.50. The molecule has 24 heavy (non-hydrogen) atoms. The van der Waals surface area contributed by atoms with Crippen LogP contribution in [0.2, 0.25) is 0 Å². The van der Waals surface area contributed by atoms with Gasteiger partial charge in [0.2, 0.25) is 0 Å². The zero-order valence-corrected chi connectivity index (χ0v) is 14.0. The molecule has 1 heterocycles. The summed E-state index contributed by atoms with van der Waals surface area (Å²) in [6.07, 6.45) is 0.850. The number of hydrogen-bond donors (Lipinski definition) is 0. The number of carbonyl (C=O) groups excluding carboxylic acids is 1. The monoisotopic (exact) mass is 325 g/mol. The Kier molecular flexibility index (Phi) is 5.49. The van der Waals surface area contributed by atoms with Crippen molar-refractivity contribution in [1.82, 2.24) is 4.90 Å². The van der Waals surface area contributed by atoms with E-state index in [4.69, 9.17) is 9.47 Å². The minimum Gasteiger partial charge on any atom is -0.494 e. The van der Waals surface area contributed by atoms with E-state index in [9.17, 15) is 4.79 Å². The van der Waals surface area contributed by atoms with Crippen LogP contribution in [0.15, 0.2) is 54.6 Å². The van der Waals surface area contributed by atoms with Crippen molar-refractivity contribution in [2.24, 2.45) is 0 Å². The van der Waals surface area contributed by atoms with Crippen molar-refractivity contribution < 1.29 is 14.3 Å². The molecular formula is C20H23NO3. The van der Waals surface area contributed by atoms with Gasteiger partial charge in [-0.25, -0.2) is 4.79 Å². The summed E-state index contributed by atoms with van der Waals surface area (Å²) in [7, 11) is 0. The van der Waals surface area contributed by atoms with E-state index in [-0.39, 0.29) is 12.1 Å². The summed E-state index contributed by atoms with van der Waals surface area (Å²) in [4.78, 5) is 14.6. The van der Waals surface area contributed by atoms with Crippen molar-refractivity contribution in [2.45, 2.75) is 26.0 Å². The predicted octanol–water partition coefficient (Wildman–Crippen LogP) is 3.52. The SMILES string of the molecule is CCOc1ccc(C(=O)O[C@@H]2CCN(Cc3ccccc3)C2)cc1. The van der Waals surface area contributed by atoms with E-state index in [0.29, 0.717) is 12.2 Å². The molecule has 0 aromatic heterocycles. The summed E-state index contributed by atoms with van der Waals surface area (Å²) in [5, 5.41) is 0. The maximum absolute atomic E-state index is 12.3. The molecule has 0 amide bonds. The Labute approximate surface area is 143 Å². The highest BCUT2D eigenvalue weighted by molar-refractivity contribution is 5.89. The largest absolute Gasteiger partial charge is 0.494 e. The first-order valence-electron chi connectivity index (χ1n) is 8.44. The second kappa shape index (κ2) is 7.97. The topological polar surface area (TPSA) is 38.8 Å². The van der Waals surface area contributed by atoms with Gasteiger partial charge < -0.3 is 9.47 Å². The van der Waals surface area contributed by atoms with Gasteiger partial charge in [-0.2, -0.15) is 0 Å². The summed E-state index contributed by atoms with van der Waals surface area (Å²) in [5.41, 5.74) is 1.86. The van der Waals surface area contributed by atoms with Crippen LogP contribution in [0.3, 0.4) is 0 Å². The third-order valence-electron chi connectivity index (χ3n) is 4.15. The number of likely N-dealkylation sites (tertiary alicyclic amines) is 1. The Bertz CT molecular complexity index is 654. The second-order valence-electron chi connectivity index (χ2n) is 5.99. The van der Waals surface area contributed by atoms with Gasteiger partial charge in [-0.15, -0.1) is 0 Å². The normalized spacial score (nSPS) is 17.6. The molecule has 4 heteroatoms. The zero-order chi connectivity index (χ0) is 16.8. The van der Waals surface area contributed by atoms with Gasteiger partial charge in [0.25, 0.3) is 0 Å². The van der Waals surface area contributed by atoms with Gasteiger partial charge in [-0.1, -0.05) is 30.3 Å². The van der Waals surface area contributed by atoms with E-state index in [2.05, 4.69) is 29.2 Å². The number of rotatable bonds is 6. The summed E-state index contributed by atoms with van der Waals surface area (Å²) >= 11 is 0. The van der Waals surface area contributed by atoms with Gasteiger partial charge in [0.15, 0.2) is 0 Å². The number of ether oxygens (including phenoxy) is 2. The Morgan fingerprint density at radius 1 is 1.12 bits per heavy atom. The average molecular weight is 325 g/mol. The molecule has 2 aromatic rings. The molecule has 0 aliphatic carbocycles. The summed E-state index contributed by atoms with van der Waals surface area (Å²) in [6.45, 7) is 5.19. The van der Waals surface area contributed by atoms with Crippen LogP contribution in [0.1, 0.15) is 29.3 Å². The fourth-order valence-corrected chi connectivity index (χ4v) is 2.95. The lowest BCUT2D eigenvalue weighted by Crippen LogP contribution is -2.24. The predicted molar refractivity (Wildman–Crippen MR) is 93.2 cm³/mol. The lowest BCUT2D eigenvalue weighted by Gasteiger charge is -2.16. The van der Waals surface area contributed by atoms with Crippen molar-refractivity contribution in [3.05, 3.63) is 65.7 Å². The molecule has 0 N–H and O–H groups in total. The number of benzene rings is 2. The van der Waals surface area contributed by atoms with Crippen LogP contribution in [-0.2, 0) is 11.3 Å². The smallest absolute Gasteiger partial charge is 0.338 e.